The second kappa shape index (κ2) is 8.93. The van der Waals surface area contributed by atoms with E-state index in [2.05, 4.69) is 51.4 Å². The highest BCUT2D eigenvalue weighted by Gasteiger charge is 2.35. The molecule has 2 heterocycles. The van der Waals surface area contributed by atoms with Crippen molar-refractivity contribution >= 4 is 11.7 Å². The molecule has 2 aliphatic rings. The van der Waals surface area contributed by atoms with Gasteiger partial charge in [0.1, 0.15) is 5.82 Å². The van der Waals surface area contributed by atoms with Crippen molar-refractivity contribution in [1.29, 1.82) is 0 Å². The van der Waals surface area contributed by atoms with Gasteiger partial charge in [-0.05, 0) is 38.2 Å². The van der Waals surface area contributed by atoms with Crippen molar-refractivity contribution in [2.75, 3.05) is 24.5 Å². The van der Waals surface area contributed by atoms with E-state index in [-0.39, 0.29) is 17.2 Å². The van der Waals surface area contributed by atoms with Gasteiger partial charge in [0, 0.05) is 37.4 Å². The highest BCUT2D eigenvalue weighted by molar-refractivity contribution is 5.79. The number of hydrogen-bond acceptors (Lipinski definition) is 4. The largest absolute Gasteiger partial charge is 0.355 e. The number of carbonyl (C=O) groups is 1. The third-order valence-corrected chi connectivity index (χ3v) is 6.71. The van der Waals surface area contributed by atoms with Crippen LogP contribution >= 0.6 is 0 Å². The maximum atomic E-state index is 13.1. The molecule has 1 aromatic carbocycles. The number of aryl methyl sites for hydroxylation is 1. The minimum Gasteiger partial charge on any atom is -0.355 e. The number of nitrogens with one attached hydrogen (secondary N) is 1. The average Bonchev–Trinajstić information content (AvgIpc) is 2.79. The van der Waals surface area contributed by atoms with E-state index in [1.807, 2.05) is 0 Å². The standard InChI is InChI=1S/C24H32N4O/c1-19-7-5-9-21(15-19)24(10-3-2-4-11-24)18-27-23(29)20-8-6-14-28(17-20)22-16-25-12-13-26-22/h5,7,9,12-13,15-16,20H,2-4,6,8,10-11,14,17-18H2,1H3,(H,27,29). The van der Waals surface area contributed by atoms with Gasteiger partial charge in [-0.15, -0.1) is 0 Å². The first kappa shape index (κ1) is 19.9. The molecule has 2 fully saturated rings. The van der Waals surface area contributed by atoms with Crippen LogP contribution in [-0.4, -0.2) is 35.5 Å². The van der Waals surface area contributed by atoms with Gasteiger partial charge in [0.25, 0.3) is 0 Å². The third-order valence-electron chi connectivity index (χ3n) is 6.71. The lowest BCUT2D eigenvalue weighted by Crippen LogP contribution is -2.48. The number of benzene rings is 1. The first-order chi connectivity index (χ1) is 14.2. The molecule has 1 atom stereocenters. The highest BCUT2D eigenvalue weighted by Crippen LogP contribution is 2.39. The zero-order valence-corrected chi connectivity index (χ0v) is 17.4. The Hall–Kier alpha value is -2.43. The number of piperidine rings is 1. The summed E-state index contributed by atoms with van der Waals surface area (Å²) in [5.74, 6) is 1.08. The summed E-state index contributed by atoms with van der Waals surface area (Å²) in [5.41, 5.74) is 2.77. The normalized spacial score (nSPS) is 21.6. The second-order valence-corrected chi connectivity index (χ2v) is 8.78. The lowest BCUT2D eigenvalue weighted by Gasteiger charge is -2.39. The van der Waals surface area contributed by atoms with Gasteiger partial charge in [0.15, 0.2) is 0 Å². The van der Waals surface area contributed by atoms with E-state index in [1.54, 1.807) is 18.6 Å². The summed E-state index contributed by atoms with van der Waals surface area (Å²) in [4.78, 5) is 23.9. The number of hydrogen-bond donors (Lipinski definition) is 1. The molecule has 1 aliphatic carbocycles. The number of aromatic nitrogens is 2. The topological polar surface area (TPSA) is 58.1 Å². The number of carbonyl (C=O) groups excluding carboxylic acids is 1. The van der Waals surface area contributed by atoms with E-state index in [9.17, 15) is 4.79 Å². The molecule has 1 aromatic heterocycles. The molecule has 1 N–H and O–H groups in total. The van der Waals surface area contributed by atoms with Gasteiger partial charge in [-0.3, -0.25) is 9.78 Å². The Balaban J connectivity index is 1.43. The number of amides is 1. The molecule has 1 amide bonds. The minimum atomic E-state index is 0.0175. The Bertz CT molecular complexity index is 817. The van der Waals surface area contributed by atoms with Crippen LogP contribution in [0.2, 0.25) is 0 Å². The summed E-state index contributed by atoms with van der Waals surface area (Å²) in [6.45, 7) is 4.57. The maximum Gasteiger partial charge on any atom is 0.224 e. The smallest absolute Gasteiger partial charge is 0.224 e. The maximum absolute atomic E-state index is 13.1. The van der Waals surface area contributed by atoms with E-state index in [4.69, 9.17) is 0 Å². The quantitative estimate of drug-likeness (QED) is 0.835. The molecule has 1 saturated heterocycles. The molecule has 1 unspecified atom stereocenters. The average molecular weight is 393 g/mol. The van der Waals surface area contributed by atoms with Crippen molar-refractivity contribution in [2.45, 2.75) is 57.3 Å². The molecule has 5 heteroatoms. The molecular formula is C24H32N4O. The lowest BCUT2D eigenvalue weighted by atomic mass is 9.69. The monoisotopic (exact) mass is 392 g/mol. The molecule has 5 nitrogen and oxygen atoms in total. The van der Waals surface area contributed by atoms with Crippen molar-refractivity contribution in [3.63, 3.8) is 0 Å². The molecule has 1 saturated carbocycles. The molecule has 154 valence electrons. The third kappa shape index (κ3) is 4.60. The lowest BCUT2D eigenvalue weighted by molar-refractivity contribution is -0.125. The van der Waals surface area contributed by atoms with Crippen LogP contribution in [0.3, 0.4) is 0 Å². The second-order valence-electron chi connectivity index (χ2n) is 8.78. The molecule has 0 bridgehead atoms. The van der Waals surface area contributed by atoms with Gasteiger partial charge in [-0.2, -0.15) is 0 Å². The van der Waals surface area contributed by atoms with Gasteiger partial charge < -0.3 is 10.2 Å². The summed E-state index contributed by atoms with van der Waals surface area (Å²) in [6.07, 6.45) is 13.3. The highest BCUT2D eigenvalue weighted by atomic mass is 16.1. The van der Waals surface area contributed by atoms with Crippen molar-refractivity contribution in [1.82, 2.24) is 15.3 Å². The van der Waals surface area contributed by atoms with Crippen molar-refractivity contribution in [2.24, 2.45) is 5.92 Å². The fraction of sp³-hybridized carbons (Fsp3) is 0.542. The fourth-order valence-electron chi connectivity index (χ4n) is 5.03. The van der Waals surface area contributed by atoms with E-state index >= 15 is 0 Å². The Morgan fingerprint density at radius 3 is 2.83 bits per heavy atom. The Labute approximate surface area is 173 Å². The van der Waals surface area contributed by atoms with Crippen molar-refractivity contribution in [3.8, 4) is 0 Å². The van der Waals surface area contributed by atoms with Gasteiger partial charge in [0.05, 0.1) is 12.1 Å². The van der Waals surface area contributed by atoms with E-state index in [0.717, 1.165) is 51.1 Å². The first-order valence-corrected chi connectivity index (χ1v) is 11.0. The van der Waals surface area contributed by atoms with Crippen LogP contribution in [0.25, 0.3) is 0 Å². The molecule has 2 aromatic rings. The zero-order chi connectivity index (χ0) is 20.1. The van der Waals surface area contributed by atoms with E-state index in [0.29, 0.717) is 0 Å². The number of rotatable bonds is 5. The van der Waals surface area contributed by atoms with Crippen LogP contribution in [0.15, 0.2) is 42.9 Å². The summed E-state index contributed by atoms with van der Waals surface area (Å²) >= 11 is 0. The van der Waals surface area contributed by atoms with Crippen molar-refractivity contribution < 1.29 is 4.79 Å². The van der Waals surface area contributed by atoms with Crippen LogP contribution in [-0.2, 0) is 10.2 Å². The fourth-order valence-corrected chi connectivity index (χ4v) is 5.03. The molecule has 1 aliphatic heterocycles. The van der Waals surface area contributed by atoms with Gasteiger partial charge in [-0.1, -0.05) is 49.1 Å². The van der Waals surface area contributed by atoms with Crippen molar-refractivity contribution in [3.05, 3.63) is 54.0 Å². The summed E-state index contributed by atoms with van der Waals surface area (Å²) in [7, 11) is 0. The Kier molecular flexibility index (Phi) is 6.12. The molecular weight excluding hydrogens is 360 g/mol. The molecule has 4 rings (SSSR count). The number of anilines is 1. The Morgan fingerprint density at radius 1 is 1.21 bits per heavy atom. The van der Waals surface area contributed by atoms with E-state index in [1.165, 1.54) is 30.4 Å². The molecule has 0 radical (unpaired) electrons. The zero-order valence-electron chi connectivity index (χ0n) is 17.4. The predicted octanol–water partition coefficient (Wildman–Crippen LogP) is 4.02. The van der Waals surface area contributed by atoms with Crippen LogP contribution in [0, 0.1) is 12.8 Å². The van der Waals surface area contributed by atoms with Gasteiger partial charge >= 0.3 is 0 Å². The number of nitrogens with zero attached hydrogens (tertiary/aromatic N) is 3. The minimum absolute atomic E-state index is 0.0175. The van der Waals surface area contributed by atoms with Gasteiger partial charge in [-0.25, -0.2) is 4.98 Å². The summed E-state index contributed by atoms with van der Waals surface area (Å²) in [5, 5.41) is 3.35. The Morgan fingerprint density at radius 2 is 2.07 bits per heavy atom. The van der Waals surface area contributed by atoms with Crippen LogP contribution in [0.4, 0.5) is 5.82 Å². The summed E-state index contributed by atoms with van der Waals surface area (Å²) in [6, 6.07) is 8.87. The first-order valence-electron chi connectivity index (χ1n) is 11.0. The molecule has 29 heavy (non-hydrogen) atoms. The van der Waals surface area contributed by atoms with Crippen LogP contribution in [0.1, 0.15) is 56.1 Å². The van der Waals surface area contributed by atoms with E-state index < -0.39 is 0 Å². The molecule has 0 spiro atoms. The van der Waals surface area contributed by atoms with Crippen LogP contribution < -0.4 is 10.2 Å². The summed E-state index contributed by atoms with van der Waals surface area (Å²) < 4.78 is 0. The predicted molar refractivity (Wildman–Crippen MR) is 116 cm³/mol. The van der Waals surface area contributed by atoms with Crippen LogP contribution in [0.5, 0.6) is 0 Å². The van der Waals surface area contributed by atoms with Gasteiger partial charge in [0.2, 0.25) is 5.91 Å². The SMILES string of the molecule is Cc1cccc(C2(CNC(=O)C3CCCN(c4cnccn4)C3)CCCCC2)c1.